The van der Waals surface area contributed by atoms with E-state index in [0.29, 0.717) is 31.1 Å². The predicted octanol–water partition coefficient (Wildman–Crippen LogP) is 1.11. The Labute approximate surface area is 114 Å². The minimum atomic E-state index is 0.226. The summed E-state index contributed by atoms with van der Waals surface area (Å²) >= 11 is 1.93. The number of nitrogens with zero attached hydrogens (tertiary/aromatic N) is 1. The number of morpholine rings is 1. The number of ether oxygens (including phenoxy) is 1. The average molecular weight is 272 g/mol. The first-order valence-corrected chi connectivity index (χ1v) is 8.22. The molecule has 5 heteroatoms. The van der Waals surface area contributed by atoms with E-state index in [1.54, 1.807) is 0 Å². The van der Waals surface area contributed by atoms with Crippen molar-refractivity contribution in [3.8, 4) is 0 Å². The number of rotatable bonds is 4. The van der Waals surface area contributed by atoms with Crippen LogP contribution in [0.3, 0.4) is 0 Å². The zero-order valence-electron chi connectivity index (χ0n) is 11.2. The number of thioether (sulfide) groups is 1. The SMILES string of the molecule is CSC1CCCCC1NCC(=O)N1CCOCC1. The van der Waals surface area contributed by atoms with Crippen molar-refractivity contribution in [2.45, 2.75) is 37.0 Å². The molecular formula is C13H24N2O2S. The van der Waals surface area contributed by atoms with Crippen molar-refractivity contribution in [3.05, 3.63) is 0 Å². The molecule has 1 saturated heterocycles. The molecule has 1 amide bonds. The van der Waals surface area contributed by atoms with Gasteiger partial charge in [-0.15, -0.1) is 0 Å². The van der Waals surface area contributed by atoms with E-state index in [2.05, 4.69) is 11.6 Å². The molecule has 1 aliphatic carbocycles. The van der Waals surface area contributed by atoms with Crippen LogP contribution in [0.1, 0.15) is 25.7 Å². The number of hydrogen-bond acceptors (Lipinski definition) is 4. The van der Waals surface area contributed by atoms with E-state index in [-0.39, 0.29) is 5.91 Å². The highest BCUT2D eigenvalue weighted by Gasteiger charge is 2.25. The molecule has 2 unspecified atom stereocenters. The second-order valence-corrected chi connectivity index (χ2v) is 6.12. The largest absolute Gasteiger partial charge is 0.378 e. The zero-order chi connectivity index (χ0) is 12.8. The lowest BCUT2D eigenvalue weighted by Gasteiger charge is -2.32. The molecule has 2 rings (SSSR count). The van der Waals surface area contributed by atoms with Gasteiger partial charge in [0.25, 0.3) is 0 Å². The van der Waals surface area contributed by atoms with E-state index < -0.39 is 0 Å². The molecule has 1 saturated carbocycles. The maximum absolute atomic E-state index is 12.0. The lowest BCUT2D eigenvalue weighted by molar-refractivity contribution is -0.134. The van der Waals surface area contributed by atoms with Crippen molar-refractivity contribution < 1.29 is 9.53 Å². The number of nitrogens with one attached hydrogen (secondary N) is 1. The minimum absolute atomic E-state index is 0.226. The first-order valence-electron chi connectivity index (χ1n) is 6.93. The zero-order valence-corrected chi connectivity index (χ0v) is 12.0. The monoisotopic (exact) mass is 272 g/mol. The summed E-state index contributed by atoms with van der Waals surface area (Å²) in [5.41, 5.74) is 0. The Balaban J connectivity index is 1.73. The molecule has 1 N–H and O–H groups in total. The van der Waals surface area contributed by atoms with Gasteiger partial charge in [-0.1, -0.05) is 12.8 Å². The van der Waals surface area contributed by atoms with Crippen LogP contribution in [-0.2, 0) is 9.53 Å². The standard InChI is InChI=1S/C13H24N2O2S/c1-18-12-5-3-2-4-11(12)14-10-13(16)15-6-8-17-9-7-15/h11-12,14H,2-10H2,1H3. The molecule has 1 heterocycles. The van der Waals surface area contributed by atoms with Crippen LogP contribution in [0.4, 0.5) is 0 Å². The lowest BCUT2D eigenvalue weighted by Crippen LogP contribution is -2.49. The first-order chi connectivity index (χ1) is 8.81. The van der Waals surface area contributed by atoms with Crippen LogP contribution in [-0.4, -0.2) is 61.2 Å². The van der Waals surface area contributed by atoms with Crippen LogP contribution < -0.4 is 5.32 Å². The summed E-state index contributed by atoms with van der Waals surface area (Å²) in [6.07, 6.45) is 7.29. The number of hydrogen-bond donors (Lipinski definition) is 1. The summed E-state index contributed by atoms with van der Waals surface area (Å²) in [6, 6.07) is 0.513. The molecule has 0 aromatic carbocycles. The van der Waals surface area contributed by atoms with Gasteiger partial charge in [0.05, 0.1) is 19.8 Å². The lowest BCUT2D eigenvalue weighted by atomic mass is 9.95. The highest BCUT2D eigenvalue weighted by atomic mass is 32.2. The Morgan fingerprint density at radius 2 is 2.06 bits per heavy atom. The summed E-state index contributed by atoms with van der Waals surface area (Å²) in [4.78, 5) is 13.9. The number of amides is 1. The Bertz CT molecular complexity index is 270. The van der Waals surface area contributed by atoms with Gasteiger partial charge >= 0.3 is 0 Å². The van der Waals surface area contributed by atoms with Crippen LogP contribution in [0.5, 0.6) is 0 Å². The van der Waals surface area contributed by atoms with Crippen molar-refractivity contribution in [2.75, 3.05) is 39.1 Å². The van der Waals surface area contributed by atoms with Crippen molar-refractivity contribution in [1.82, 2.24) is 10.2 Å². The number of carbonyl (C=O) groups excluding carboxylic acids is 1. The summed E-state index contributed by atoms with van der Waals surface area (Å²) < 4.78 is 5.26. The van der Waals surface area contributed by atoms with Crippen molar-refractivity contribution in [3.63, 3.8) is 0 Å². The van der Waals surface area contributed by atoms with Crippen LogP contribution >= 0.6 is 11.8 Å². The molecule has 2 fully saturated rings. The minimum Gasteiger partial charge on any atom is -0.378 e. The summed E-state index contributed by atoms with van der Waals surface area (Å²) in [5, 5.41) is 4.14. The third-order valence-electron chi connectivity index (χ3n) is 3.88. The molecule has 104 valence electrons. The van der Waals surface area contributed by atoms with Gasteiger partial charge in [-0.3, -0.25) is 4.79 Å². The van der Waals surface area contributed by atoms with Gasteiger partial charge in [-0.25, -0.2) is 0 Å². The fourth-order valence-corrected chi connectivity index (χ4v) is 3.72. The Morgan fingerprint density at radius 1 is 1.33 bits per heavy atom. The quantitative estimate of drug-likeness (QED) is 0.832. The molecule has 2 aliphatic rings. The van der Waals surface area contributed by atoms with E-state index in [1.807, 2.05) is 16.7 Å². The van der Waals surface area contributed by atoms with Gasteiger partial charge in [0.1, 0.15) is 0 Å². The van der Waals surface area contributed by atoms with Gasteiger partial charge in [0, 0.05) is 24.4 Å². The van der Waals surface area contributed by atoms with Gasteiger partial charge in [-0.2, -0.15) is 11.8 Å². The third-order valence-corrected chi connectivity index (χ3v) is 5.05. The van der Waals surface area contributed by atoms with Crippen molar-refractivity contribution in [2.24, 2.45) is 0 Å². The van der Waals surface area contributed by atoms with E-state index in [4.69, 9.17) is 4.74 Å². The molecule has 4 nitrogen and oxygen atoms in total. The van der Waals surface area contributed by atoms with Crippen LogP contribution in [0, 0.1) is 0 Å². The van der Waals surface area contributed by atoms with Crippen LogP contribution in [0.15, 0.2) is 0 Å². The summed E-state index contributed by atoms with van der Waals surface area (Å²) in [7, 11) is 0. The molecule has 0 bridgehead atoms. The van der Waals surface area contributed by atoms with E-state index >= 15 is 0 Å². The molecule has 18 heavy (non-hydrogen) atoms. The van der Waals surface area contributed by atoms with E-state index in [0.717, 1.165) is 13.1 Å². The summed E-state index contributed by atoms with van der Waals surface area (Å²) in [6.45, 7) is 3.35. The maximum atomic E-state index is 12.0. The van der Waals surface area contributed by atoms with Gasteiger partial charge in [-0.05, 0) is 19.1 Å². The van der Waals surface area contributed by atoms with Crippen molar-refractivity contribution >= 4 is 17.7 Å². The fraction of sp³-hybridized carbons (Fsp3) is 0.923. The smallest absolute Gasteiger partial charge is 0.236 e. The first kappa shape index (κ1) is 14.2. The summed E-state index contributed by atoms with van der Waals surface area (Å²) in [5.74, 6) is 0.226. The highest BCUT2D eigenvalue weighted by Crippen LogP contribution is 2.26. The predicted molar refractivity (Wildman–Crippen MR) is 75.0 cm³/mol. The van der Waals surface area contributed by atoms with Crippen LogP contribution in [0.2, 0.25) is 0 Å². The normalized spacial score (nSPS) is 29.3. The fourth-order valence-electron chi connectivity index (χ4n) is 2.76. The second-order valence-electron chi connectivity index (χ2n) is 5.04. The van der Waals surface area contributed by atoms with E-state index in [9.17, 15) is 4.79 Å². The van der Waals surface area contributed by atoms with Gasteiger partial charge in [0.2, 0.25) is 5.91 Å². The molecule has 0 aromatic heterocycles. The second kappa shape index (κ2) is 7.36. The third kappa shape index (κ3) is 3.87. The Kier molecular flexibility index (Phi) is 5.79. The average Bonchev–Trinajstić information content (AvgIpc) is 2.46. The highest BCUT2D eigenvalue weighted by molar-refractivity contribution is 7.99. The Hall–Kier alpha value is -0.260. The van der Waals surface area contributed by atoms with Crippen LogP contribution in [0.25, 0.3) is 0 Å². The molecule has 0 aromatic rings. The molecule has 0 radical (unpaired) electrons. The molecule has 0 spiro atoms. The van der Waals surface area contributed by atoms with Crippen molar-refractivity contribution in [1.29, 1.82) is 0 Å². The molecular weight excluding hydrogens is 248 g/mol. The maximum Gasteiger partial charge on any atom is 0.236 e. The topological polar surface area (TPSA) is 41.6 Å². The molecule has 2 atom stereocenters. The number of carbonyl (C=O) groups is 1. The van der Waals surface area contributed by atoms with Gasteiger partial charge < -0.3 is 15.0 Å². The molecule has 1 aliphatic heterocycles. The van der Waals surface area contributed by atoms with Gasteiger partial charge in [0.15, 0.2) is 0 Å². The van der Waals surface area contributed by atoms with E-state index in [1.165, 1.54) is 25.7 Å². The Morgan fingerprint density at radius 3 is 2.78 bits per heavy atom.